The van der Waals surface area contributed by atoms with E-state index in [2.05, 4.69) is 17.2 Å². The second-order valence-corrected chi connectivity index (χ2v) is 4.51. The summed E-state index contributed by atoms with van der Waals surface area (Å²) in [6, 6.07) is 0.517. The Hall–Kier alpha value is -0.540. The van der Waals surface area contributed by atoms with E-state index < -0.39 is 0 Å². The first-order valence-corrected chi connectivity index (χ1v) is 5.89. The number of hydrogen-bond donors (Lipinski definition) is 2. The fourth-order valence-corrected chi connectivity index (χ4v) is 1.83. The van der Waals surface area contributed by atoms with Gasteiger partial charge in [-0.3, -0.25) is 4.79 Å². The molecule has 2 N–H and O–H groups in total. The van der Waals surface area contributed by atoms with Gasteiger partial charge >= 0.3 is 0 Å². The van der Waals surface area contributed by atoms with Crippen molar-refractivity contribution in [2.45, 2.75) is 38.1 Å². The number of hydrogen-bond acceptors (Lipinski definition) is 2. The Morgan fingerprint density at radius 2 is 2.33 bits per heavy atom. The number of nitrogens with one attached hydrogen (secondary N) is 2. The second kappa shape index (κ2) is 6.85. The summed E-state index contributed by atoms with van der Waals surface area (Å²) in [4.78, 5) is 11.4. The number of amides is 1. The van der Waals surface area contributed by atoms with Crippen LogP contribution in [0.15, 0.2) is 11.6 Å². The van der Waals surface area contributed by atoms with Crippen molar-refractivity contribution in [1.82, 2.24) is 10.6 Å². The molecule has 3 nitrogen and oxygen atoms in total. The summed E-state index contributed by atoms with van der Waals surface area (Å²) in [7, 11) is 0. The molecule has 1 aliphatic rings. The summed E-state index contributed by atoms with van der Waals surface area (Å²) in [5, 5.41) is 6.61. The molecule has 0 aromatic carbocycles. The first-order chi connectivity index (χ1) is 7.18. The average Bonchev–Trinajstić information content (AvgIpc) is 2.25. The predicted octanol–water partition coefficient (Wildman–Crippen LogP) is 1.78. The second-order valence-electron chi connectivity index (χ2n) is 3.98. The van der Waals surface area contributed by atoms with Crippen LogP contribution in [0.1, 0.15) is 32.1 Å². The monoisotopic (exact) mass is 230 g/mol. The van der Waals surface area contributed by atoms with Gasteiger partial charge in [-0.05, 0) is 25.8 Å². The molecule has 1 fully saturated rings. The van der Waals surface area contributed by atoms with Gasteiger partial charge in [0.05, 0.1) is 6.54 Å². The summed E-state index contributed by atoms with van der Waals surface area (Å²) in [5.74, 6) is 0.0594. The lowest BCUT2D eigenvalue weighted by atomic mass is 10.0. The molecule has 1 rings (SSSR count). The van der Waals surface area contributed by atoms with Crippen LogP contribution in [-0.2, 0) is 4.79 Å². The van der Waals surface area contributed by atoms with E-state index in [1.807, 2.05) is 0 Å². The Bertz CT molecular complexity index is 225. The van der Waals surface area contributed by atoms with E-state index in [4.69, 9.17) is 11.6 Å². The lowest BCUT2D eigenvalue weighted by Gasteiger charge is -2.22. The molecule has 15 heavy (non-hydrogen) atoms. The van der Waals surface area contributed by atoms with Crippen LogP contribution >= 0.6 is 11.6 Å². The molecule has 1 saturated heterocycles. The Balaban J connectivity index is 2.07. The van der Waals surface area contributed by atoms with Crippen LogP contribution in [0, 0.1) is 0 Å². The molecule has 4 heteroatoms. The van der Waals surface area contributed by atoms with Gasteiger partial charge in [0.2, 0.25) is 5.91 Å². The van der Waals surface area contributed by atoms with Crippen molar-refractivity contribution < 1.29 is 4.79 Å². The molecule has 86 valence electrons. The predicted molar refractivity (Wildman–Crippen MR) is 62.9 cm³/mol. The van der Waals surface area contributed by atoms with Gasteiger partial charge in [-0.25, -0.2) is 0 Å². The Morgan fingerprint density at radius 1 is 1.53 bits per heavy atom. The Labute approximate surface area is 96.3 Å². The van der Waals surface area contributed by atoms with Crippen molar-refractivity contribution in [3.8, 4) is 0 Å². The molecule has 0 aliphatic carbocycles. The molecule has 0 radical (unpaired) electrons. The molecule has 0 bridgehead atoms. The lowest BCUT2D eigenvalue weighted by molar-refractivity contribution is -0.121. The number of piperidine rings is 1. The first kappa shape index (κ1) is 12.5. The van der Waals surface area contributed by atoms with Crippen LogP contribution < -0.4 is 10.6 Å². The van der Waals surface area contributed by atoms with Crippen LogP contribution in [0.3, 0.4) is 0 Å². The highest BCUT2D eigenvalue weighted by Gasteiger charge is 2.13. The zero-order valence-electron chi connectivity index (χ0n) is 9.02. The van der Waals surface area contributed by atoms with Crippen molar-refractivity contribution in [1.29, 1.82) is 0 Å². The molecule has 1 atom stereocenters. The number of halogens is 1. The minimum absolute atomic E-state index is 0.0594. The van der Waals surface area contributed by atoms with Gasteiger partial charge in [0.1, 0.15) is 0 Å². The SMILES string of the molecule is C=C(Cl)CNC(=O)CCC1CCCCN1. The lowest BCUT2D eigenvalue weighted by Crippen LogP contribution is -2.35. The van der Waals surface area contributed by atoms with E-state index in [1.54, 1.807) is 0 Å². The smallest absolute Gasteiger partial charge is 0.220 e. The van der Waals surface area contributed by atoms with E-state index >= 15 is 0 Å². The third kappa shape index (κ3) is 5.80. The van der Waals surface area contributed by atoms with E-state index in [0.29, 0.717) is 24.0 Å². The maximum absolute atomic E-state index is 11.4. The summed E-state index contributed by atoms with van der Waals surface area (Å²) < 4.78 is 0. The largest absolute Gasteiger partial charge is 0.351 e. The van der Waals surface area contributed by atoms with Gasteiger partial charge in [0, 0.05) is 17.5 Å². The third-order valence-electron chi connectivity index (χ3n) is 2.61. The van der Waals surface area contributed by atoms with Gasteiger partial charge in [0.25, 0.3) is 0 Å². The molecule has 1 aliphatic heterocycles. The van der Waals surface area contributed by atoms with E-state index in [1.165, 1.54) is 19.3 Å². The van der Waals surface area contributed by atoms with Crippen LogP contribution in [0.4, 0.5) is 0 Å². The van der Waals surface area contributed by atoms with Crippen molar-refractivity contribution >= 4 is 17.5 Å². The molecular formula is C11H19ClN2O. The first-order valence-electron chi connectivity index (χ1n) is 5.52. The molecule has 0 saturated carbocycles. The summed E-state index contributed by atoms with van der Waals surface area (Å²) >= 11 is 5.55. The zero-order chi connectivity index (χ0) is 11.1. The fraction of sp³-hybridized carbons (Fsp3) is 0.727. The standard InChI is InChI=1S/C11H19ClN2O/c1-9(12)8-14-11(15)6-5-10-4-2-3-7-13-10/h10,13H,1-8H2,(H,14,15). The maximum atomic E-state index is 11.4. The Kier molecular flexibility index (Phi) is 5.73. The van der Waals surface area contributed by atoms with Crippen LogP contribution in [0.25, 0.3) is 0 Å². The minimum atomic E-state index is 0.0594. The molecule has 0 aromatic rings. The highest BCUT2D eigenvalue weighted by Crippen LogP contribution is 2.11. The fourth-order valence-electron chi connectivity index (χ4n) is 1.76. The molecule has 0 aromatic heterocycles. The summed E-state index contributed by atoms with van der Waals surface area (Å²) in [5.41, 5.74) is 0. The average molecular weight is 231 g/mol. The van der Waals surface area contributed by atoms with E-state index in [9.17, 15) is 4.79 Å². The molecular weight excluding hydrogens is 212 g/mol. The van der Waals surface area contributed by atoms with Gasteiger partial charge in [-0.2, -0.15) is 0 Å². The maximum Gasteiger partial charge on any atom is 0.220 e. The van der Waals surface area contributed by atoms with E-state index in [-0.39, 0.29) is 5.91 Å². The van der Waals surface area contributed by atoms with Crippen molar-refractivity contribution in [2.75, 3.05) is 13.1 Å². The topological polar surface area (TPSA) is 41.1 Å². The number of carbonyl (C=O) groups excluding carboxylic acids is 1. The summed E-state index contributed by atoms with van der Waals surface area (Å²) in [6.07, 6.45) is 5.21. The van der Waals surface area contributed by atoms with Crippen LogP contribution in [-0.4, -0.2) is 25.0 Å². The van der Waals surface area contributed by atoms with Crippen molar-refractivity contribution in [3.05, 3.63) is 11.6 Å². The number of carbonyl (C=O) groups is 1. The molecule has 1 amide bonds. The Morgan fingerprint density at radius 3 is 2.93 bits per heavy atom. The highest BCUT2D eigenvalue weighted by atomic mass is 35.5. The number of rotatable bonds is 5. The third-order valence-corrected chi connectivity index (χ3v) is 2.74. The van der Waals surface area contributed by atoms with Crippen molar-refractivity contribution in [3.63, 3.8) is 0 Å². The quantitative estimate of drug-likeness (QED) is 0.756. The summed E-state index contributed by atoms with van der Waals surface area (Å²) in [6.45, 7) is 4.98. The van der Waals surface area contributed by atoms with Gasteiger partial charge in [-0.15, -0.1) is 0 Å². The van der Waals surface area contributed by atoms with Crippen LogP contribution in [0.2, 0.25) is 0 Å². The zero-order valence-corrected chi connectivity index (χ0v) is 9.78. The van der Waals surface area contributed by atoms with Gasteiger partial charge in [-0.1, -0.05) is 24.6 Å². The van der Waals surface area contributed by atoms with Crippen LogP contribution in [0.5, 0.6) is 0 Å². The van der Waals surface area contributed by atoms with E-state index in [0.717, 1.165) is 13.0 Å². The molecule has 0 spiro atoms. The normalized spacial score (nSPS) is 21.0. The van der Waals surface area contributed by atoms with Crippen molar-refractivity contribution in [2.24, 2.45) is 0 Å². The molecule has 1 unspecified atom stereocenters. The molecule has 1 heterocycles. The highest BCUT2D eigenvalue weighted by molar-refractivity contribution is 6.29. The minimum Gasteiger partial charge on any atom is -0.351 e. The van der Waals surface area contributed by atoms with Gasteiger partial charge in [0.15, 0.2) is 0 Å². The van der Waals surface area contributed by atoms with Gasteiger partial charge < -0.3 is 10.6 Å².